The molecule has 2 rings (SSSR count). The normalized spacial score (nSPS) is 12.5. The molecule has 0 fully saturated rings. The quantitative estimate of drug-likeness (QED) is 0.692. The molecule has 0 aliphatic rings. The van der Waals surface area contributed by atoms with Gasteiger partial charge in [-0.3, -0.25) is 9.59 Å². The Morgan fingerprint density at radius 1 is 1.38 bits per heavy atom. The lowest BCUT2D eigenvalue weighted by atomic mass is 10.1. The first-order chi connectivity index (χ1) is 12.1. The Kier molecular flexibility index (Phi) is 5.60. The standard InChI is InChI=1S/C15H13F4N3O4/c1-7(8-2-3-11(9(16)4-8)26-15(17,18)19)20-14(25)10-5-13(24)22-12(6-23)21-10/h2-5,7,23H,6H2,1H3,(H,20,25)(H,21,22,24)/t7-/m1/s1. The van der Waals surface area contributed by atoms with Crippen molar-refractivity contribution in [3.8, 4) is 5.75 Å². The van der Waals surface area contributed by atoms with E-state index in [1.54, 1.807) is 0 Å². The van der Waals surface area contributed by atoms with Gasteiger partial charge in [0, 0.05) is 6.07 Å². The number of rotatable bonds is 5. The average molecular weight is 375 g/mol. The van der Waals surface area contributed by atoms with Crippen molar-refractivity contribution >= 4 is 5.91 Å². The average Bonchev–Trinajstić information content (AvgIpc) is 2.54. The van der Waals surface area contributed by atoms with Gasteiger partial charge in [-0.25, -0.2) is 9.37 Å². The van der Waals surface area contributed by atoms with Crippen molar-refractivity contribution in [3.63, 3.8) is 0 Å². The maximum absolute atomic E-state index is 13.7. The Morgan fingerprint density at radius 3 is 2.65 bits per heavy atom. The number of carbonyl (C=O) groups is 1. The molecule has 0 radical (unpaired) electrons. The number of hydrogen-bond acceptors (Lipinski definition) is 5. The van der Waals surface area contributed by atoms with Crippen LogP contribution >= 0.6 is 0 Å². The number of aromatic nitrogens is 2. The number of carbonyl (C=O) groups excluding carboxylic acids is 1. The molecule has 0 unspecified atom stereocenters. The molecule has 11 heteroatoms. The molecule has 0 spiro atoms. The molecule has 140 valence electrons. The topological polar surface area (TPSA) is 104 Å². The number of aromatic amines is 1. The van der Waals surface area contributed by atoms with E-state index in [1.807, 2.05) is 0 Å². The van der Waals surface area contributed by atoms with E-state index in [1.165, 1.54) is 6.92 Å². The molecular formula is C15H13F4N3O4. The number of hydrogen-bond donors (Lipinski definition) is 3. The summed E-state index contributed by atoms with van der Waals surface area (Å²) in [5.74, 6) is -3.15. The van der Waals surface area contributed by atoms with Crippen LogP contribution in [0.3, 0.4) is 0 Å². The van der Waals surface area contributed by atoms with Gasteiger partial charge in [-0.05, 0) is 24.6 Å². The minimum Gasteiger partial charge on any atom is -0.403 e. The van der Waals surface area contributed by atoms with Crippen LogP contribution in [0.5, 0.6) is 5.75 Å². The minimum atomic E-state index is -5.03. The van der Waals surface area contributed by atoms with Crippen LogP contribution in [0.1, 0.15) is 34.8 Å². The van der Waals surface area contributed by atoms with E-state index in [-0.39, 0.29) is 17.1 Å². The van der Waals surface area contributed by atoms with Gasteiger partial charge < -0.3 is 20.1 Å². The van der Waals surface area contributed by atoms with Crippen molar-refractivity contribution in [1.82, 2.24) is 15.3 Å². The first kappa shape index (κ1) is 19.4. The summed E-state index contributed by atoms with van der Waals surface area (Å²) in [5, 5.41) is 11.4. The number of benzene rings is 1. The Labute approximate surface area is 143 Å². The van der Waals surface area contributed by atoms with Crippen LogP contribution in [-0.4, -0.2) is 27.3 Å². The van der Waals surface area contributed by atoms with E-state index in [0.29, 0.717) is 0 Å². The Balaban J connectivity index is 2.15. The van der Waals surface area contributed by atoms with Crippen LogP contribution in [-0.2, 0) is 6.61 Å². The molecule has 2 aromatic rings. The molecule has 1 aromatic heterocycles. The molecule has 1 heterocycles. The second-order valence-electron chi connectivity index (χ2n) is 5.17. The Hall–Kier alpha value is -2.95. The van der Waals surface area contributed by atoms with E-state index < -0.39 is 42.0 Å². The molecular weight excluding hydrogens is 362 g/mol. The predicted octanol–water partition coefficient (Wildman–Crippen LogP) is 1.79. The second kappa shape index (κ2) is 7.52. The maximum atomic E-state index is 13.7. The van der Waals surface area contributed by atoms with E-state index in [0.717, 1.165) is 24.3 Å². The van der Waals surface area contributed by atoms with Gasteiger partial charge in [0.25, 0.3) is 11.5 Å². The lowest BCUT2D eigenvalue weighted by Gasteiger charge is -2.16. The van der Waals surface area contributed by atoms with E-state index >= 15 is 0 Å². The van der Waals surface area contributed by atoms with Crippen LogP contribution in [0, 0.1) is 5.82 Å². The number of ether oxygens (including phenoxy) is 1. The molecule has 1 aromatic carbocycles. The Bertz CT molecular complexity index is 867. The molecule has 3 N–H and O–H groups in total. The number of aliphatic hydroxyl groups is 1. The third-order valence-corrected chi connectivity index (χ3v) is 3.20. The second-order valence-corrected chi connectivity index (χ2v) is 5.17. The fraction of sp³-hybridized carbons (Fsp3) is 0.267. The number of aliphatic hydroxyl groups excluding tert-OH is 1. The highest BCUT2D eigenvalue weighted by Gasteiger charge is 2.32. The zero-order valence-electron chi connectivity index (χ0n) is 13.2. The smallest absolute Gasteiger partial charge is 0.403 e. The van der Waals surface area contributed by atoms with Gasteiger partial charge in [-0.1, -0.05) is 6.07 Å². The number of nitrogens with zero attached hydrogens (tertiary/aromatic N) is 1. The molecule has 7 nitrogen and oxygen atoms in total. The third-order valence-electron chi connectivity index (χ3n) is 3.20. The highest BCUT2D eigenvalue weighted by molar-refractivity contribution is 5.92. The fourth-order valence-corrected chi connectivity index (χ4v) is 2.05. The summed E-state index contributed by atoms with van der Waals surface area (Å²) in [5.41, 5.74) is -0.763. The van der Waals surface area contributed by atoms with Crippen molar-refractivity contribution in [3.05, 3.63) is 57.5 Å². The van der Waals surface area contributed by atoms with Gasteiger partial charge >= 0.3 is 6.36 Å². The van der Waals surface area contributed by atoms with Gasteiger partial charge in [0.1, 0.15) is 18.1 Å². The van der Waals surface area contributed by atoms with Crippen molar-refractivity contribution in [2.75, 3.05) is 0 Å². The summed E-state index contributed by atoms with van der Waals surface area (Å²) in [6, 6.07) is 2.82. The summed E-state index contributed by atoms with van der Waals surface area (Å²) in [7, 11) is 0. The maximum Gasteiger partial charge on any atom is 0.573 e. The van der Waals surface area contributed by atoms with Crippen LogP contribution in [0.4, 0.5) is 17.6 Å². The lowest BCUT2D eigenvalue weighted by Crippen LogP contribution is -2.29. The first-order valence-electron chi connectivity index (χ1n) is 7.16. The summed E-state index contributed by atoms with van der Waals surface area (Å²) in [4.78, 5) is 29.4. The van der Waals surface area contributed by atoms with E-state index in [9.17, 15) is 27.2 Å². The summed E-state index contributed by atoms with van der Waals surface area (Å²) in [6.45, 7) is 0.870. The monoisotopic (exact) mass is 375 g/mol. The molecule has 1 amide bonds. The first-order valence-corrected chi connectivity index (χ1v) is 7.16. The molecule has 0 aliphatic carbocycles. The van der Waals surface area contributed by atoms with E-state index in [2.05, 4.69) is 20.0 Å². The van der Waals surface area contributed by atoms with Gasteiger partial charge in [0.05, 0.1) is 6.04 Å². The molecule has 0 bridgehead atoms. The van der Waals surface area contributed by atoms with Crippen LogP contribution in [0.15, 0.2) is 29.1 Å². The van der Waals surface area contributed by atoms with E-state index in [4.69, 9.17) is 5.11 Å². The van der Waals surface area contributed by atoms with Crippen molar-refractivity contribution in [2.45, 2.75) is 25.9 Å². The van der Waals surface area contributed by atoms with Gasteiger partial charge in [-0.15, -0.1) is 13.2 Å². The molecule has 1 atom stereocenters. The summed E-state index contributed by atoms with van der Waals surface area (Å²) >= 11 is 0. The number of nitrogens with one attached hydrogen (secondary N) is 2. The fourth-order valence-electron chi connectivity index (χ4n) is 2.05. The molecule has 26 heavy (non-hydrogen) atoms. The molecule has 0 aliphatic heterocycles. The van der Waals surface area contributed by atoms with Gasteiger partial charge in [-0.2, -0.15) is 0 Å². The number of amides is 1. The van der Waals surface area contributed by atoms with Crippen LogP contribution in [0.25, 0.3) is 0 Å². The highest BCUT2D eigenvalue weighted by atomic mass is 19.4. The zero-order chi connectivity index (χ0) is 19.5. The van der Waals surface area contributed by atoms with Crippen molar-refractivity contribution in [2.24, 2.45) is 0 Å². The highest BCUT2D eigenvalue weighted by Crippen LogP contribution is 2.27. The van der Waals surface area contributed by atoms with Gasteiger partial charge in [0.15, 0.2) is 11.6 Å². The Morgan fingerprint density at radius 2 is 2.08 bits per heavy atom. The predicted molar refractivity (Wildman–Crippen MR) is 79.7 cm³/mol. The van der Waals surface area contributed by atoms with Crippen molar-refractivity contribution < 1.29 is 32.2 Å². The van der Waals surface area contributed by atoms with Gasteiger partial charge in [0.2, 0.25) is 0 Å². The van der Waals surface area contributed by atoms with Crippen LogP contribution < -0.4 is 15.6 Å². The lowest BCUT2D eigenvalue weighted by molar-refractivity contribution is -0.275. The van der Waals surface area contributed by atoms with Crippen LogP contribution in [0.2, 0.25) is 0 Å². The largest absolute Gasteiger partial charge is 0.573 e. The minimum absolute atomic E-state index is 0.116. The summed E-state index contributed by atoms with van der Waals surface area (Å²) in [6.07, 6.45) is -5.03. The molecule has 0 saturated carbocycles. The SMILES string of the molecule is C[C@@H](NC(=O)c1cc(=O)[nH]c(CO)n1)c1ccc(OC(F)(F)F)c(F)c1. The summed E-state index contributed by atoms with van der Waals surface area (Å²) < 4.78 is 53.7. The zero-order valence-corrected chi connectivity index (χ0v) is 13.2. The van der Waals surface area contributed by atoms with Crippen molar-refractivity contribution in [1.29, 1.82) is 0 Å². The number of H-pyrrole nitrogens is 1. The number of halogens is 4. The third kappa shape index (κ3) is 5.02. The molecule has 0 saturated heterocycles. The number of alkyl halides is 3.